The minimum Gasteiger partial charge on any atom is -0.299 e. The van der Waals surface area contributed by atoms with Gasteiger partial charge in [0, 0.05) is 24.8 Å². The molecule has 1 nitrogen and oxygen atoms in total. The highest BCUT2D eigenvalue weighted by Gasteiger charge is 2.12. The molecular weight excluding hydrogens is 210 g/mol. The molecule has 0 unspecified atom stereocenters. The third kappa shape index (κ3) is 3.47. The summed E-state index contributed by atoms with van der Waals surface area (Å²) in [5, 5.41) is 0. The van der Waals surface area contributed by atoms with Crippen LogP contribution in [0.15, 0.2) is 18.2 Å². The molecule has 0 amide bonds. The van der Waals surface area contributed by atoms with Gasteiger partial charge in [-0.1, -0.05) is 6.07 Å². The maximum absolute atomic E-state index is 13.2. The fraction of sp³-hybridized carbons (Fsp3) is 0.308. The van der Waals surface area contributed by atoms with E-state index in [1.807, 2.05) is 0 Å². The van der Waals surface area contributed by atoms with E-state index in [2.05, 4.69) is 11.8 Å². The zero-order valence-electron chi connectivity index (χ0n) is 9.02. The van der Waals surface area contributed by atoms with Crippen LogP contribution >= 0.6 is 0 Å². The molecule has 0 fully saturated rings. The largest absolute Gasteiger partial charge is 0.299 e. The predicted octanol–water partition coefficient (Wildman–Crippen LogP) is 2.88. The van der Waals surface area contributed by atoms with Crippen LogP contribution in [0.25, 0.3) is 0 Å². The van der Waals surface area contributed by atoms with E-state index in [1.165, 1.54) is 6.07 Å². The topological polar surface area (TPSA) is 17.1 Å². The number of carbonyl (C=O) groups is 1. The molecule has 0 aliphatic rings. The third-order valence-corrected chi connectivity index (χ3v) is 2.14. The molecular formula is C13H12F2O. The van der Waals surface area contributed by atoms with E-state index in [-0.39, 0.29) is 24.2 Å². The Balaban J connectivity index is 2.65. The fourth-order valence-corrected chi connectivity index (χ4v) is 1.31. The number of Topliss-reactive ketones (excluding diaryl/α,β-unsaturated/α-hetero) is 1. The lowest BCUT2D eigenvalue weighted by atomic mass is 10.0. The summed E-state index contributed by atoms with van der Waals surface area (Å²) in [5.41, 5.74) is -0.156. The van der Waals surface area contributed by atoms with Crippen molar-refractivity contribution in [1.82, 2.24) is 0 Å². The minimum absolute atomic E-state index is 0.156. The van der Waals surface area contributed by atoms with Crippen LogP contribution in [-0.2, 0) is 11.2 Å². The van der Waals surface area contributed by atoms with Gasteiger partial charge < -0.3 is 0 Å². The van der Waals surface area contributed by atoms with E-state index in [4.69, 9.17) is 0 Å². The van der Waals surface area contributed by atoms with Gasteiger partial charge in [-0.25, -0.2) is 8.78 Å². The molecule has 84 valence electrons. The zero-order valence-corrected chi connectivity index (χ0v) is 9.02. The fourth-order valence-electron chi connectivity index (χ4n) is 1.31. The quantitative estimate of drug-likeness (QED) is 0.716. The Morgan fingerprint density at radius 1 is 1.31 bits per heavy atom. The molecule has 1 aromatic carbocycles. The van der Waals surface area contributed by atoms with Gasteiger partial charge >= 0.3 is 0 Å². The first-order valence-electron chi connectivity index (χ1n) is 4.99. The first kappa shape index (κ1) is 12.4. The maximum Gasteiger partial charge on any atom is 0.138 e. The molecule has 0 atom stereocenters. The normalized spacial score (nSPS) is 9.44. The molecule has 0 heterocycles. The van der Waals surface area contributed by atoms with Gasteiger partial charge in [-0.3, -0.25) is 4.79 Å². The smallest absolute Gasteiger partial charge is 0.138 e. The lowest BCUT2D eigenvalue weighted by molar-refractivity contribution is -0.118. The Kier molecular flexibility index (Phi) is 4.65. The van der Waals surface area contributed by atoms with Gasteiger partial charge in [-0.15, -0.1) is 11.8 Å². The van der Waals surface area contributed by atoms with Crippen molar-refractivity contribution in [3.8, 4) is 11.8 Å². The van der Waals surface area contributed by atoms with Gasteiger partial charge in [0.15, 0.2) is 0 Å². The lowest BCUT2D eigenvalue weighted by Gasteiger charge is -2.02. The molecule has 0 radical (unpaired) electrons. The van der Waals surface area contributed by atoms with Crippen LogP contribution in [0.5, 0.6) is 0 Å². The minimum atomic E-state index is -0.671. The van der Waals surface area contributed by atoms with Crippen LogP contribution in [0.2, 0.25) is 0 Å². The first-order chi connectivity index (χ1) is 7.65. The molecule has 0 aliphatic carbocycles. The van der Waals surface area contributed by atoms with E-state index < -0.39 is 11.6 Å². The summed E-state index contributed by atoms with van der Waals surface area (Å²) in [4.78, 5) is 11.4. The maximum atomic E-state index is 13.2. The highest BCUT2D eigenvalue weighted by molar-refractivity contribution is 5.81. The number of benzene rings is 1. The average molecular weight is 222 g/mol. The van der Waals surface area contributed by atoms with Crippen molar-refractivity contribution in [3.05, 3.63) is 35.4 Å². The van der Waals surface area contributed by atoms with Gasteiger partial charge in [-0.2, -0.15) is 0 Å². The Hall–Kier alpha value is -1.69. The van der Waals surface area contributed by atoms with Crippen LogP contribution in [0.1, 0.15) is 25.3 Å². The van der Waals surface area contributed by atoms with Gasteiger partial charge in [-0.05, 0) is 19.1 Å². The molecule has 16 heavy (non-hydrogen) atoms. The second kappa shape index (κ2) is 6.02. The van der Waals surface area contributed by atoms with Crippen molar-refractivity contribution >= 4 is 5.78 Å². The molecule has 0 saturated heterocycles. The summed E-state index contributed by atoms with van der Waals surface area (Å²) in [6.45, 7) is 1.68. The van der Waals surface area contributed by atoms with Crippen molar-refractivity contribution in [1.29, 1.82) is 0 Å². The first-order valence-corrected chi connectivity index (χ1v) is 4.99. The van der Waals surface area contributed by atoms with Crippen molar-refractivity contribution < 1.29 is 13.6 Å². The van der Waals surface area contributed by atoms with Crippen LogP contribution in [0.4, 0.5) is 8.78 Å². The second-order valence-corrected chi connectivity index (χ2v) is 3.34. The molecule has 0 N–H and O–H groups in total. The lowest BCUT2D eigenvalue weighted by Crippen LogP contribution is -2.06. The SMILES string of the molecule is CC#CCCC(=O)Cc1c(F)cccc1F. The van der Waals surface area contributed by atoms with Crippen molar-refractivity contribution in [2.45, 2.75) is 26.2 Å². The highest BCUT2D eigenvalue weighted by Crippen LogP contribution is 2.13. The molecule has 3 heteroatoms. The molecule has 0 aliphatic heterocycles. The van der Waals surface area contributed by atoms with Crippen molar-refractivity contribution in [2.24, 2.45) is 0 Å². The highest BCUT2D eigenvalue weighted by atomic mass is 19.1. The Bertz CT molecular complexity index is 421. The van der Waals surface area contributed by atoms with E-state index in [0.717, 1.165) is 12.1 Å². The average Bonchev–Trinajstić information content (AvgIpc) is 2.24. The van der Waals surface area contributed by atoms with Crippen LogP contribution in [0.3, 0.4) is 0 Å². The summed E-state index contributed by atoms with van der Waals surface area (Å²) >= 11 is 0. The van der Waals surface area contributed by atoms with E-state index in [1.54, 1.807) is 6.92 Å². The van der Waals surface area contributed by atoms with Crippen LogP contribution < -0.4 is 0 Å². The monoisotopic (exact) mass is 222 g/mol. The number of hydrogen-bond donors (Lipinski definition) is 0. The Morgan fingerprint density at radius 3 is 2.50 bits per heavy atom. The summed E-state index contributed by atoms with van der Waals surface area (Å²) < 4.78 is 26.4. The van der Waals surface area contributed by atoms with Gasteiger partial charge in [0.05, 0.1) is 0 Å². The number of hydrogen-bond acceptors (Lipinski definition) is 1. The summed E-state index contributed by atoms with van der Waals surface area (Å²) in [5.74, 6) is 3.85. The Labute approximate surface area is 93.5 Å². The van der Waals surface area contributed by atoms with E-state index in [0.29, 0.717) is 6.42 Å². The third-order valence-electron chi connectivity index (χ3n) is 2.14. The summed E-state index contributed by atoms with van der Waals surface area (Å²) in [6.07, 6.45) is 0.462. The number of ketones is 1. The molecule has 0 bridgehead atoms. The van der Waals surface area contributed by atoms with E-state index in [9.17, 15) is 13.6 Å². The predicted molar refractivity (Wildman–Crippen MR) is 57.8 cm³/mol. The molecule has 0 saturated carbocycles. The number of carbonyl (C=O) groups excluding carboxylic acids is 1. The van der Waals surface area contributed by atoms with Crippen molar-refractivity contribution in [3.63, 3.8) is 0 Å². The van der Waals surface area contributed by atoms with Gasteiger partial charge in [0.25, 0.3) is 0 Å². The molecule has 0 spiro atoms. The number of halogens is 2. The molecule has 0 aromatic heterocycles. The standard InChI is InChI=1S/C13H12F2O/c1-2-3-4-6-10(16)9-11-12(14)7-5-8-13(11)15/h5,7-8H,4,6,9H2,1H3. The summed E-state index contributed by atoms with van der Waals surface area (Å²) in [6, 6.07) is 3.58. The molecule has 1 rings (SSSR count). The second-order valence-electron chi connectivity index (χ2n) is 3.34. The van der Waals surface area contributed by atoms with E-state index >= 15 is 0 Å². The Morgan fingerprint density at radius 2 is 1.94 bits per heavy atom. The number of rotatable bonds is 4. The zero-order chi connectivity index (χ0) is 12.0. The van der Waals surface area contributed by atoms with Gasteiger partial charge in [0.2, 0.25) is 0 Å². The van der Waals surface area contributed by atoms with Gasteiger partial charge in [0.1, 0.15) is 17.4 Å². The summed E-state index contributed by atoms with van der Waals surface area (Å²) in [7, 11) is 0. The van der Waals surface area contributed by atoms with Crippen molar-refractivity contribution in [2.75, 3.05) is 0 Å². The molecule has 1 aromatic rings. The van der Waals surface area contributed by atoms with Crippen LogP contribution in [0, 0.1) is 23.5 Å². The van der Waals surface area contributed by atoms with Crippen LogP contribution in [-0.4, -0.2) is 5.78 Å².